The number of benzene rings is 4. The van der Waals surface area contributed by atoms with Gasteiger partial charge in [0.15, 0.2) is 0 Å². The third-order valence-electron chi connectivity index (χ3n) is 11.2. The van der Waals surface area contributed by atoms with E-state index in [-0.39, 0.29) is 34.1 Å². The Labute approximate surface area is 321 Å². The summed E-state index contributed by atoms with van der Waals surface area (Å²) in [4.78, 5) is 0. The van der Waals surface area contributed by atoms with Gasteiger partial charge in [-0.05, 0) is 159 Å². The summed E-state index contributed by atoms with van der Waals surface area (Å²) in [6.07, 6.45) is -0.614. The summed E-state index contributed by atoms with van der Waals surface area (Å²) in [5.41, 5.74) is 10.9. The third kappa shape index (κ3) is 7.20. The van der Waals surface area contributed by atoms with Crippen molar-refractivity contribution in [2.24, 2.45) is 0 Å². The predicted molar refractivity (Wildman–Crippen MR) is 213 cm³/mol. The van der Waals surface area contributed by atoms with E-state index in [9.17, 15) is 19.0 Å². The fourth-order valence-electron chi connectivity index (χ4n) is 7.71. The van der Waals surface area contributed by atoms with Crippen LogP contribution in [-0.4, -0.2) is 31.6 Å². The van der Waals surface area contributed by atoms with E-state index in [0.29, 0.717) is 29.0 Å². The second-order valence-electron chi connectivity index (χ2n) is 14.9. The van der Waals surface area contributed by atoms with Crippen LogP contribution in [0.1, 0.15) is 70.9 Å². The summed E-state index contributed by atoms with van der Waals surface area (Å²) < 4.78 is 61.6. The molecule has 0 unspecified atom stereocenters. The van der Waals surface area contributed by atoms with Gasteiger partial charge in [-0.15, -0.1) is 0 Å². The molecule has 0 spiro atoms. The van der Waals surface area contributed by atoms with Crippen LogP contribution >= 0.6 is 0 Å². The van der Waals surface area contributed by atoms with Gasteiger partial charge in [0.05, 0.1) is 23.6 Å². The average molecular weight is 751 g/mol. The Morgan fingerprint density at radius 3 is 1.27 bits per heavy atom. The Hall–Kier alpha value is -5.57. The van der Waals surface area contributed by atoms with E-state index in [1.54, 1.807) is 10.6 Å². The number of aromatic hydroxyl groups is 2. The van der Waals surface area contributed by atoms with Crippen molar-refractivity contribution in [3.63, 3.8) is 0 Å². The van der Waals surface area contributed by atoms with Gasteiger partial charge in [0.25, 0.3) is 0 Å². The number of phenolic OH excluding ortho intramolecular Hbond substituents is 2. The van der Waals surface area contributed by atoms with Crippen molar-refractivity contribution in [1.82, 2.24) is 9.13 Å². The molecule has 0 aliphatic heterocycles. The minimum absolute atomic E-state index is 0.00608. The monoisotopic (exact) mass is 750 g/mol. The summed E-state index contributed by atoms with van der Waals surface area (Å²) in [5, 5.41) is 23.3. The highest BCUT2D eigenvalue weighted by Crippen LogP contribution is 2.44. The molecule has 9 heteroatoms. The predicted octanol–water partition coefficient (Wildman–Crippen LogP) is 11.8. The molecule has 6 nitrogen and oxygen atoms in total. The van der Waals surface area contributed by atoms with Gasteiger partial charge < -0.3 is 28.8 Å². The molecule has 0 amide bonds. The highest BCUT2D eigenvalue weighted by molar-refractivity contribution is 5.81. The molecule has 4 aromatic carbocycles. The molecule has 2 aromatic heterocycles. The Kier molecular flexibility index (Phi) is 10.6. The first-order valence-electron chi connectivity index (χ1n) is 18.5. The maximum absolute atomic E-state index is 15.3. The topological polar surface area (TPSA) is 68.8 Å². The smallest absolute Gasteiger partial charge is 0.147 e. The minimum atomic E-state index is -0.596. The third-order valence-corrected chi connectivity index (χ3v) is 11.2. The van der Waals surface area contributed by atoms with E-state index in [1.807, 2.05) is 79.0 Å². The van der Waals surface area contributed by atoms with Crippen LogP contribution in [0.4, 0.5) is 13.2 Å². The van der Waals surface area contributed by atoms with Crippen molar-refractivity contribution < 1.29 is 32.9 Å². The van der Waals surface area contributed by atoms with Crippen LogP contribution < -0.4 is 9.47 Å². The number of nitrogens with zero attached hydrogens (tertiary/aromatic N) is 2. The molecule has 0 aliphatic rings. The molecule has 0 saturated heterocycles. The van der Waals surface area contributed by atoms with E-state index in [1.165, 1.54) is 42.5 Å². The number of ether oxygens (including phenoxy) is 2. The van der Waals surface area contributed by atoms with Crippen molar-refractivity contribution >= 4 is 0 Å². The number of phenols is 2. The summed E-state index contributed by atoms with van der Waals surface area (Å²) >= 11 is 0. The lowest BCUT2D eigenvalue weighted by Crippen LogP contribution is -2.23. The van der Waals surface area contributed by atoms with Crippen molar-refractivity contribution in [2.45, 2.75) is 94.8 Å². The van der Waals surface area contributed by atoms with E-state index in [2.05, 4.69) is 13.8 Å². The van der Waals surface area contributed by atoms with E-state index < -0.39 is 29.7 Å². The van der Waals surface area contributed by atoms with E-state index in [4.69, 9.17) is 9.47 Å². The molecule has 288 valence electrons. The molecule has 0 saturated carbocycles. The van der Waals surface area contributed by atoms with Gasteiger partial charge in [-0.3, -0.25) is 0 Å². The van der Waals surface area contributed by atoms with Gasteiger partial charge in [-0.1, -0.05) is 0 Å². The standard InChI is InChI=1S/C46H49F3N2O4/c1-23-16-39(45(52)41(17-23)50-30(8)26(4)27(5)31(50)9)37-19-34(47)12-14-43(37)54-24(2)18-25(3)55-44-15-13-35(48)20-38(44)40-21-36(49)22-42(46(40)53)51-32(10)28(6)29(7)33(51)11/h12-17,19-22,24-25,52-53H,18H2,1-11H3/t24-,25+/m0/s1. The molecular formula is C46H49F3N2O4. The second kappa shape index (κ2) is 14.9. The van der Waals surface area contributed by atoms with Gasteiger partial charge in [-0.2, -0.15) is 0 Å². The SMILES string of the molecule is Cc1cc(-c2cc(F)ccc2O[C@@H](C)C[C@@H](C)Oc2ccc(F)cc2-c2cc(F)cc(-n3c(C)c(C)c(C)c3C)c2O)c(O)c(-n2c(C)c(C)c(C)c2C)c1. The van der Waals surface area contributed by atoms with Gasteiger partial charge in [0.2, 0.25) is 0 Å². The summed E-state index contributed by atoms with van der Waals surface area (Å²) in [5.74, 6) is -1.22. The van der Waals surface area contributed by atoms with Crippen LogP contribution in [0.3, 0.4) is 0 Å². The van der Waals surface area contributed by atoms with Crippen molar-refractivity contribution in [2.75, 3.05) is 0 Å². The van der Waals surface area contributed by atoms with Crippen LogP contribution in [-0.2, 0) is 0 Å². The Morgan fingerprint density at radius 2 is 0.855 bits per heavy atom. The summed E-state index contributed by atoms with van der Waals surface area (Å²) in [6.45, 7) is 21.5. The number of halogens is 3. The zero-order valence-corrected chi connectivity index (χ0v) is 33.4. The van der Waals surface area contributed by atoms with Crippen molar-refractivity contribution in [3.05, 3.63) is 129 Å². The fraction of sp³-hybridized carbons (Fsp3) is 0.304. The molecule has 2 N–H and O–H groups in total. The first-order chi connectivity index (χ1) is 25.9. The average Bonchev–Trinajstić information content (AvgIpc) is 3.44. The molecule has 0 aliphatic carbocycles. The number of hydrogen-bond donors (Lipinski definition) is 2. The Bertz CT molecular complexity index is 2240. The molecule has 55 heavy (non-hydrogen) atoms. The summed E-state index contributed by atoms with van der Waals surface area (Å²) in [6, 6.07) is 14.3. The number of hydrogen-bond acceptors (Lipinski definition) is 4. The normalized spacial score (nSPS) is 12.6. The Morgan fingerprint density at radius 1 is 0.491 bits per heavy atom. The zero-order chi connectivity index (χ0) is 40.2. The van der Waals surface area contributed by atoms with Crippen LogP contribution in [0.2, 0.25) is 0 Å². The van der Waals surface area contributed by atoms with Crippen LogP contribution in [0.5, 0.6) is 23.0 Å². The molecule has 6 aromatic rings. The number of rotatable bonds is 10. The fourth-order valence-corrected chi connectivity index (χ4v) is 7.71. The molecule has 0 radical (unpaired) electrons. The maximum atomic E-state index is 15.3. The highest BCUT2D eigenvalue weighted by Gasteiger charge is 2.25. The largest absolute Gasteiger partial charge is 0.505 e. The Balaban J connectivity index is 1.29. The first kappa shape index (κ1) is 39.1. The minimum Gasteiger partial charge on any atom is -0.505 e. The quantitative estimate of drug-likeness (QED) is 0.146. The van der Waals surface area contributed by atoms with Crippen LogP contribution in [0.25, 0.3) is 33.6 Å². The van der Waals surface area contributed by atoms with Gasteiger partial charge in [-0.25, -0.2) is 13.2 Å². The lowest BCUT2D eigenvalue weighted by Gasteiger charge is -2.24. The maximum Gasteiger partial charge on any atom is 0.147 e. The molecule has 2 heterocycles. The van der Waals surface area contributed by atoms with Crippen molar-refractivity contribution in [1.29, 1.82) is 0 Å². The number of aromatic nitrogens is 2. The van der Waals surface area contributed by atoms with E-state index >= 15 is 4.39 Å². The lowest BCUT2D eigenvalue weighted by atomic mass is 9.99. The van der Waals surface area contributed by atoms with Gasteiger partial charge >= 0.3 is 0 Å². The molecule has 0 fully saturated rings. The van der Waals surface area contributed by atoms with Gasteiger partial charge in [0, 0.05) is 57.5 Å². The molecular weight excluding hydrogens is 702 g/mol. The van der Waals surface area contributed by atoms with Crippen LogP contribution in [0, 0.1) is 79.8 Å². The zero-order valence-electron chi connectivity index (χ0n) is 33.4. The van der Waals surface area contributed by atoms with Crippen molar-refractivity contribution in [3.8, 4) is 56.6 Å². The molecule has 6 rings (SSSR count). The second-order valence-corrected chi connectivity index (χ2v) is 14.9. The van der Waals surface area contributed by atoms with E-state index in [0.717, 1.165) is 50.6 Å². The number of aryl methyl sites for hydroxylation is 1. The van der Waals surface area contributed by atoms with Crippen LogP contribution in [0.15, 0.2) is 60.7 Å². The molecule has 2 atom stereocenters. The highest BCUT2D eigenvalue weighted by atomic mass is 19.1. The lowest BCUT2D eigenvalue weighted by molar-refractivity contribution is 0.131. The summed E-state index contributed by atoms with van der Waals surface area (Å²) in [7, 11) is 0. The molecule has 0 bridgehead atoms. The first-order valence-corrected chi connectivity index (χ1v) is 18.5. The van der Waals surface area contributed by atoms with Gasteiger partial charge in [0.1, 0.15) is 40.4 Å².